The molecule has 1 rings (SSSR count). The predicted octanol–water partition coefficient (Wildman–Crippen LogP) is 0.0449. The molecule has 0 aromatic carbocycles. The third-order valence-corrected chi connectivity index (χ3v) is 4.53. The first-order chi connectivity index (χ1) is 13.7. The molecule has 0 radical (unpaired) electrons. The van der Waals surface area contributed by atoms with Crippen molar-refractivity contribution in [2.45, 2.75) is 65.5 Å². The molecule has 3 amide bonds. The van der Waals surface area contributed by atoms with Gasteiger partial charge in [0.1, 0.15) is 12.1 Å². The van der Waals surface area contributed by atoms with Crippen LogP contribution in [0.1, 0.15) is 53.4 Å². The molecule has 29 heavy (non-hydrogen) atoms. The minimum absolute atomic E-state index is 0.0598. The van der Waals surface area contributed by atoms with Crippen LogP contribution in [0.15, 0.2) is 0 Å². The summed E-state index contributed by atoms with van der Waals surface area (Å²) < 4.78 is 0. The summed E-state index contributed by atoms with van der Waals surface area (Å²) in [6.07, 6.45) is 2.36. The van der Waals surface area contributed by atoms with Crippen molar-refractivity contribution in [2.24, 2.45) is 11.8 Å². The average molecular weight is 409 g/mol. The first-order valence-electron chi connectivity index (χ1n) is 10.0. The van der Waals surface area contributed by atoms with Gasteiger partial charge in [0.05, 0.1) is 0 Å². The number of rotatable bonds is 10. The van der Waals surface area contributed by atoms with Crippen LogP contribution in [0.4, 0.5) is 0 Å². The van der Waals surface area contributed by atoms with E-state index in [1.54, 1.807) is 13.8 Å². The number of hydrogen-bond acceptors (Lipinski definition) is 5. The van der Waals surface area contributed by atoms with Gasteiger partial charge in [-0.05, 0) is 24.7 Å². The lowest BCUT2D eigenvalue weighted by Crippen LogP contribution is -2.61. The van der Waals surface area contributed by atoms with Crippen molar-refractivity contribution in [2.75, 3.05) is 13.1 Å². The summed E-state index contributed by atoms with van der Waals surface area (Å²) >= 11 is 0. The van der Waals surface area contributed by atoms with Crippen molar-refractivity contribution in [3.63, 3.8) is 0 Å². The molecule has 2 atom stereocenters. The van der Waals surface area contributed by atoms with Gasteiger partial charge in [-0.15, -0.1) is 0 Å². The number of amides is 3. The van der Waals surface area contributed by atoms with E-state index in [0.29, 0.717) is 25.8 Å². The molecule has 0 saturated carbocycles. The smallest absolute Gasteiger partial charge is 0.325 e. The highest BCUT2D eigenvalue weighted by Crippen LogP contribution is 2.13. The number of nitrogens with zero attached hydrogens (tertiary/aromatic N) is 3. The van der Waals surface area contributed by atoms with Crippen molar-refractivity contribution in [3.8, 4) is 0 Å². The third-order valence-electron chi connectivity index (χ3n) is 4.53. The molecule has 0 aromatic heterocycles. The van der Waals surface area contributed by atoms with Crippen molar-refractivity contribution >= 4 is 29.7 Å². The van der Waals surface area contributed by atoms with Crippen LogP contribution in [0.5, 0.6) is 0 Å². The number of carbonyl (C=O) groups is 4. The van der Waals surface area contributed by atoms with Crippen LogP contribution < -0.4 is 16.1 Å². The standard InChI is InChI=1S/C19H32N6O4/c1-12(2)10-16(27)21-9-7-17(28)25-14(6-5-8-23-25)19(29)24-18(13(3)4)15(26)11-22-20/h11-14,18,23H,5-10H2,1-4H3,(H,21,27)(H,24,29). The Morgan fingerprint density at radius 1 is 1.24 bits per heavy atom. The molecule has 10 nitrogen and oxygen atoms in total. The highest BCUT2D eigenvalue weighted by atomic mass is 16.2. The Morgan fingerprint density at radius 2 is 1.93 bits per heavy atom. The van der Waals surface area contributed by atoms with E-state index in [1.807, 2.05) is 13.8 Å². The normalized spacial score (nSPS) is 17.4. The lowest BCUT2D eigenvalue weighted by Gasteiger charge is -2.36. The molecule has 3 N–H and O–H groups in total. The second kappa shape index (κ2) is 12.1. The fourth-order valence-electron chi connectivity index (χ4n) is 3.07. The Hall–Kier alpha value is -2.58. The van der Waals surface area contributed by atoms with Crippen LogP contribution in [-0.2, 0) is 19.2 Å². The first kappa shape index (κ1) is 24.5. The quantitative estimate of drug-likeness (QED) is 0.266. The zero-order valence-corrected chi connectivity index (χ0v) is 17.6. The molecule has 1 aliphatic heterocycles. The number of hydrogen-bond donors (Lipinski definition) is 3. The summed E-state index contributed by atoms with van der Waals surface area (Å²) in [5, 5.41) is 6.65. The topological polar surface area (TPSA) is 144 Å². The maximum Gasteiger partial charge on any atom is 0.325 e. The number of hydrazine groups is 1. The molecule has 0 aromatic rings. The molecule has 1 fully saturated rings. The third kappa shape index (κ3) is 8.13. The van der Waals surface area contributed by atoms with Crippen molar-refractivity contribution in [1.82, 2.24) is 21.1 Å². The number of nitrogens with one attached hydrogen (secondary N) is 3. The van der Waals surface area contributed by atoms with E-state index in [4.69, 9.17) is 5.53 Å². The highest BCUT2D eigenvalue weighted by Gasteiger charge is 2.35. The maximum atomic E-state index is 12.8. The molecule has 10 heteroatoms. The minimum Gasteiger partial charge on any atom is -0.361 e. The van der Waals surface area contributed by atoms with E-state index >= 15 is 0 Å². The zero-order chi connectivity index (χ0) is 22.0. The van der Waals surface area contributed by atoms with Crippen molar-refractivity contribution in [1.29, 1.82) is 0 Å². The molecule has 1 saturated heterocycles. The van der Waals surface area contributed by atoms with Gasteiger partial charge in [0.2, 0.25) is 17.7 Å². The fraction of sp³-hybridized carbons (Fsp3) is 0.737. The molecular weight excluding hydrogens is 376 g/mol. The van der Waals surface area contributed by atoms with Gasteiger partial charge in [0.15, 0.2) is 0 Å². The second-order valence-corrected chi connectivity index (χ2v) is 7.91. The molecule has 1 aliphatic rings. The van der Waals surface area contributed by atoms with Crippen molar-refractivity contribution < 1.29 is 24.0 Å². The van der Waals surface area contributed by atoms with E-state index in [1.165, 1.54) is 5.01 Å². The van der Waals surface area contributed by atoms with Crippen molar-refractivity contribution in [3.05, 3.63) is 5.53 Å². The molecule has 0 spiro atoms. The van der Waals surface area contributed by atoms with Gasteiger partial charge in [-0.3, -0.25) is 24.2 Å². The van der Waals surface area contributed by atoms with Crippen LogP contribution in [-0.4, -0.2) is 64.7 Å². The Balaban J connectivity index is 2.71. The summed E-state index contributed by atoms with van der Waals surface area (Å²) in [6, 6.07) is -1.62. The van der Waals surface area contributed by atoms with Crippen LogP contribution in [0.25, 0.3) is 5.53 Å². The molecular formula is C19H32N6O4. The lowest BCUT2D eigenvalue weighted by molar-refractivity contribution is -0.147. The molecule has 0 bridgehead atoms. The summed E-state index contributed by atoms with van der Waals surface area (Å²) in [6.45, 7) is 8.14. The number of Topliss-reactive ketones (excluding diaryl/α,β-unsaturated/α-hetero) is 1. The van der Waals surface area contributed by atoms with Crippen LogP contribution in [0.3, 0.4) is 0 Å². The van der Waals surface area contributed by atoms with Gasteiger partial charge >= 0.3 is 6.21 Å². The Bertz CT molecular complexity index is 657. The van der Waals surface area contributed by atoms with E-state index in [-0.39, 0.29) is 36.6 Å². The van der Waals surface area contributed by atoms with Gasteiger partial charge < -0.3 is 16.2 Å². The Kier molecular flexibility index (Phi) is 10.2. The molecule has 162 valence electrons. The van der Waals surface area contributed by atoms with Crippen LogP contribution in [0, 0.1) is 11.8 Å². The lowest BCUT2D eigenvalue weighted by atomic mass is 9.99. The van der Waals surface area contributed by atoms with Crippen LogP contribution >= 0.6 is 0 Å². The van der Waals surface area contributed by atoms with Gasteiger partial charge in [-0.25, -0.2) is 5.43 Å². The second-order valence-electron chi connectivity index (χ2n) is 7.91. The Labute approximate surface area is 171 Å². The average Bonchev–Trinajstić information content (AvgIpc) is 2.65. The van der Waals surface area contributed by atoms with E-state index in [9.17, 15) is 19.2 Å². The van der Waals surface area contributed by atoms with E-state index < -0.39 is 23.8 Å². The molecule has 2 unspecified atom stereocenters. The monoisotopic (exact) mass is 408 g/mol. The Morgan fingerprint density at radius 3 is 2.52 bits per heavy atom. The maximum absolute atomic E-state index is 12.8. The predicted molar refractivity (Wildman–Crippen MR) is 106 cm³/mol. The molecule has 1 heterocycles. The van der Waals surface area contributed by atoms with Crippen LogP contribution in [0.2, 0.25) is 0 Å². The fourth-order valence-corrected chi connectivity index (χ4v) is 3.07. The largest absolute Gasteiger partial charge is 0.361 e. The van der Waals surface area contributed by atoms with E-state index in [0.717, 1.165) is 6.21 Å². The SMILES string of the molecule is CC(C)CC(=O)NCCC(=O)N1NCCCC1C(=O)NC(C(=O)C=[N+]=[N-])C(C)C. The number of carbonyl (C=O) groups excluding carboxylic acids is 4. The first-order valence-corrected chi connectivity index (χ1v) is 10.0. The summed E-state index contributed by atoms with van der Waals surface area (Å²) in [5.74, 6) is -1.38. The molecule has 0 aliphatic carbocycles. The van der Waals surface area contributed by atoms with Gasteiger partial charge in [-0.2, -0.15) is 4.79 Å². The van der Waals surface area contributed by atoms with Gasteiger partial charge in [0, 0.05) is 25.9 Å². The van der Waals surface area contributed by atoms with Gasteiger partial charge in [-0.1, -0.05) is 27.7 Å². The number of ketones is 1. The van der Waals surface area contributed by atoms with E-state index in [2.05, 4.69) is 20.8 Å². The zero-order valence-electron chi connectivity index (χ0n) is 17.6. The summed E-state index contributed by atoms with van der Waals surface area (Å²) in [7, 11) is 0. The summed E-state index contributed by atoms with van der Waals surface area (Å²) in [4.78, 5) is 51.8. The van der Waals surface area contributed by atoms with Gasteiger partial charge in [0.25, 0.3) is 5.78 Å². The minimum atomic E-state index is -0.854. The highest BCUT2D eigenvalue weighted by molar-refractivity contribution is 6.28. The summed E-state index contributed by atoms with van der Waals surface area (Å²) in [5.41, 5.74) is 11.5.